The molecule has 0 atom stereocenters. The molecule has 21 heavy (non-hydrogen) atoms. The van der Waals surface area contributed by atoms with Gasteiger partial charge in [0.15, 0.2) is 11.5 Å². The summed E-state index contributed by atoms with van der Waals surface area (Å²) in [5.41, 5.74) is 2.31. The average molecular weight is 327 g/mol. The summed E-state index contributed by atoms with van der Waals surface area (Å²) >= 11 is 6.18. The van der Waals surface area contributed by atoms with Gasteiger partial charge in [0.25, 0.3) is 0 Å². The fourth-order valence-corrected chi connectivity index (χ4v) is 2.33. The fraction of sp³-hybridized carbons (Fsp3) is 0.250. The molecule has 3 nitrogen and oxygen atoms in total. The first-order valence-electron chi connectivity index (χ1n) is 6.39. The van der Waals surface area contributed by atoms with Gasteiger partial charge in [-0.2, -0.15) is 0 Å². The number of methoxy groups -OCH3 is 2. The highest BCUT2D eigenvalue weighted by atomic mass is 35.5. The third-order valence-corrected chi connectivity index (χ3v) is 3.28. The van der Waals surface area contributed by atoms with Crippen molar-refractivity contribution in [3.8, 4) is 11.5 Å². The van der Waals surface area contributed by atoms with Gasteiger partial charge >= 0.3 is 0 Å². The second-order valence-electron chi connectivity index (χ2n) is 4.40. The normalized spacial score (nSPS) is 9.86. The smallest absolute Gasteiger partial charge is 0.179 e. The quantitative estimate of drug-likeness (QED) is 0.845. The molecule has 0 aromatic heterocycles. The Morgan fingerprint density at radius 3 is 2.24 bits per heavy atom. The van der Waals surface area contributed by atoms with Crippen LogP contribution in [0.4, 0.5) is 0 Å². The second kappa shape index (κ2) is 8.78. The largest absolute Gasteiger partial charge is 1.00 e. The molecular formula is C16H18Cl2NO2-. The number of benzene rings is 2. The predicted octanol–water partition coefficient (Wildman–Crippen LogP) is 0.651. The summed E-state index contributed by atoms with van der Waals surface area (Å²) in [6.07, 6.45) is 0. The molecule has 0 radical (unpaired) electrons. The van der Waals surface area contributed by atoms with Gasteiger partial charge in [0.2, 0.25) is 0 Å². The molecule has 0 aliphatic carbocycles. The minimum atomic E-state index is 0. The third-order valence-electron chi connectivity index (χ3n) is 2.99. The molecule has 0 aliphatic rings. The van der Waals surface area contributed by atoms with Crippen molar-refractivity contribution in [1.82, 2.24) is 5.32 Å². The Balaban J connectivity index is 0.00000220. The van der Waals surface area contributed by atoms with Crippen LogP contribution >= 0.6 is 11.6 Å². The number of hydrogen-bond donors (Lipinski definition) is 1. The van der Waals surface area contributed by atoms with Crippen LogP contribution in [-0.4, -0.2) is 14.2 Å². The average Bonchev–Trinajstić information content (AvgIpc) is 2.47. The molecule has 0 saturated carbocycles. The van der Waals surface area contributed by atoms with Crippen molar-refractivity contribution in [1.29, 1.82) is 0 Å². The second-order valence-corrected chi connectivity index (χ2v) is 4.81. The SMILES string of the molecule is COc1cc(CNCc2ccccc2)cc(Cl)c1OC.[Cl-]. The number of nitrogens with one attached hydrogen (secondary N) is 1. The van der Waals surface area contributed by atoms with Crippen molar-refractivity contribution in [2.24, 2.45) is 0 Å². The van der Waals surface area contributed by atoms with Crippen molar-refractivity contribution < 1.29 is 21.9 Å². The van der Waals surface area contributed by atoms with Gasteiger partial charge in [-0.25, -0.2) is 0 Å². The zero-order chi connectivity index (χ0) is 14.4. The molecule has 5 heteroatoms. The van der Waals surface area contributed by atoms with Gasteiger partial charge in [-0.3, -0.25) is 0 Å². The van der Waals surface area contributed by atoms with Crippen molar-refractivity contribution >= 4 is 11.6 Å². The first kappa shape index (κ1) is 17.6. The van der Waals surface area contributed by atoms with Gasteiger partial charge in [0.1, 0.15) is 0 Å². The zero-order valence-corrected chi connectivity index (χ0v) is 13.5. The number of ether oxygens (including phenoxy) is 2. The fourth-order valence-electron chi connectivity index (χ4n) is 2.02. The first-order chi connectivity index (χ1) is 9.74. The molecule has 0 saturated heterocycles. The summed E-state index contributed by atoms with van der Waals surface area (Å²) in [7, 11) is 3.19. The van der Waals surface area contributed by atoms with E-state index in [1.165, 1.54) is 5.56 Å². The monoisotopic (exact) mass is 326 g/mol. The lowest BCUT2D eigenvalue weighted by Gasteiger charge is -2.12. The summed E-state index contributed by atoms with van der Waals surface area (Å²) in [6.45, 7) is 1.53. The summed E-state index contributed by atoms with van der Waals surface area (Å²) in [5.74, 6) is 1.22. The van der Waals surface area contributed by atoms with Gasteiger partial charge in [0.05, 0.1) is 19.2 Å². The molecule has 2 aromatic rings. The highest BCUT2D eigenvalue weighted by Gasteiger charge is 2.10. The van der Waals surface area contributed by atoms with E-state index in [1.54, 1.807) is 14.2 Å². The van der Waals surface area contributed by atoms with Crippen LogP contribution in [0.25, 0.3) is 0 Å². The van der Waals surface area contributed by atoms with E-state index in [2.05, 4.69) is 17.4 Å². The Kier molecular flexibility index (Phi) is 7.37. The molecular weight excluding hydrogens is 309 g/mol. The van der Waals surface area contributed by atoms with E-state index in [0.717, 1.165) is 18.7 Å². The predicted molar refractivity (Wildman–Crippen MR) is 81.5 cm³/mol. The van der Waals surface area contributed by atoms with E-state index in [9.17, 15) is 0 Å². The van der Waals surface area contributed by atoms with E-state index in [4.69, 9.17) is 21.1 Å². The molecule has 0 bridgehead atoms. The third kappa shape index (κ3) is 4.81. The van der Waals surface area contributed by atoms with E-state index in [0.29, 0.717) is 16.5 Å². The van der Waals surface area contributed by atoms with Crippen LogP contribution in [0.2, 0.25) is 5.02 Å². The van der Waals surface area contributed by atoms with Gasteiger partial charge in [-0.1, -0.05) is 41.9 Å². The van der Waals surface area contributed by atoms with Gasteiger partial charge in [0, 0.05) is 13.1 Å². The number of rotatable bonds is 6. The Morgan fingerprint density at radius 1 is 0.952 bits per heavy atom. The van der Waals surface area contributed by atoms with Crippen molar-refractivity contribution in [3.63, 3.8) is 0 Å². The number of hydrogen-bond acceptors (Lipinski definition) is 3. The van der Waals surface area contributed by atoms with E-state index < -0.39 is 0 Å². The maximum absolute atomic E-state index is 6.18. The molecule has 0 spiro atoms. The lowest BCUT2D eigenvalue weighted by atomic mass is 10.2. The standard InChI is InChI=1S/C16H18ClNO2.ClH/c1-19-15-9-13(8-14(17)16(15)20-2)11-18-10-12-6-4-3-5-7-12;/h3-9,18H,10-11H2,1-2H3;1H/p-1. The van der Waals surface area contributed by atoms with Crippen LogP contribution in [0, 0.1) is 0 Å². The molecule has 0 aliphatic heterocycles. The molecule has 0 unspecified atom stereocenters. The molecule has 0 heterocycles. The molecule has 2 aromatic carbocycles. The lowest BCUT2D eigenvalue weighted by molar-refractivity contribution is -0.00000454. The van der Waals surface area contributed by atoms with Crippen LogP contribution in [-0.2, 0) is 13.1 Å². The minimum Gasteiger partial charge on any atom is -1.00 e. The lowest BCUT2D eigenvalue weighted by Crippen LogP contribution is -3.00. The Hall–Kier alpha value is -1.42. The molecule has 114 valence electrons. The maximum Gasteiger partial charge on any atom is 0.179 e. The van der Waals surface area contributed by atoms with Gasteiger partial charge < -0.3 is 27.2 Å². The highest BCUT2D eigenvalue weighted by molar-refractivity contribution is 6.32. The zero-order valence-electron chi connectivity index (χ0n) is 12.0. The number of halogens is 2. The Labute approximate surface area is 136 Å². The summed E-state index contributed by atoms with van der Waals surface area (Å²) in [5, 5.41) is 3.94. The van der Waals surface area contributed by atoms with E-state index >= 15 is 0 Å². The first-order valence-corrected chi connectivity index (χ1v) is 6.77. The Bertz CT molecular complexity index is 562. The summed E-state index contributed by atoms with van der Waals surface area (Å²) in [4.78, 5) is 0. The van der Waals surface area contributed by atoms with Crippen LogP contribution in [0.1, 0.15) is 11.1 Å². The Morgan fingerprint density at radius 2 is 1.62 bits per heavy atom. The van der Waals surface area contributed by atoms with Crippen LogP contribution in [0.5, 0.6) is 11.5 Å². The molecule has 2 rings (SSSR count). The maximum atomic E-state index is 6.18. The van der Waals surface area contributed by atoms with E-state index in [1.807, 2.05) is 30.3 Å². The van der Waals surface area contributed by atoms with Crippen molar-refractivity contribution in [3.05, 3.63) is 58.6 Å². The van der Waals surface area contributed by atoms with Gasteiger partial charge in [-0.05, 0) is 23.3 Å². The van der Waals surface area contributed by atoms with Crippen LogP contribution in [0.15, 0.2) is 42.5 Å². The van der Waals surface area contributed by atoms with Crippen molar-refractivity contribution in [2.75, 3.05) is 14.2 Å². The summed E-state index contributed by atoms with van der Waals surface area (Å²) < 4.78 is 10.5. The summed E-state index contributed by atoms with van der Waals surface area (Å²) in [6, 6.07) is 14.1. The van der Waals surface area contributed by atoms with Crippen LogP contribution in [0.3, 0.4) is 0 Å². The van der Waals surface area contributed by atoms with Crippen molar-refractivity contribution in [2.45, 2.75) is 13.1 Å². The van der Waals surface area contributed by atoms with Gasteiger partial charge in [-0.15, -0.1) is 0 Å². The van der Waals surface area contributed by atoms with E-state index in [-0.39, 0.29) is 12.4 Å². The molecule has 0 fully saturated rings. The topological polar surface area (TPSA) is 30.5 Å². The van der Waals surface area contributed by atoms with Crippen LogP contribution < -0.4 is 27.2 Å². The minimum absolute atomic E-state index is 0. The highest BCUT2D eigenvalue weighted by Crippen LogP contribution is 2.35. The molecule has 1 N–H and O–H groups in total. The molecule has 0 amide bonds.